The fourth-order valence-electron chi connectivity index (χ4n) is 4.21. The summed E-state index contributed by atoms with van der Waals surface area (Å²) in [6.07, 6.45) is 6.47. The number of piperidine rings is 1. The summed E-state index contributed by atoms with van der Waals surface area (Å²) in [7, 11) is 0. The number of hydrogen-bond donors (Lipinski definition) is 3. The molecule has 2 fully saturated rings. The number of nitrogens with one attached hydrogen (secondary N) is 3. The highest BCUT2D eigenvalue weighted by Gasteiger charge is 2.38. The van der Waals surface area contributed by atoms with Crippen LogP contribution in [0.5, 0.6) is 0 Å². The van der Waals surface area contributed by atoms with Gasteiger partial charge in [-0.2, -0.15) is 5.21 Å². The van der Waals surface area contributed by atoms with Crippen LogP contribution in [-0.4, -0.2) is 58.2 Å². The number of nitrogens with zero attached hydrogens (tertiary/aromatic N) is 3. The van der Waals surface area contributed by atoms with E-state index in [9.17, 15) is 9.59 Å². The van der Waals surface area contributed by atoms with Gasteiger partial charge in [0.15, 0.2) is 5.82 Å². The summed E-state index contributed by atoms with van der Waals surface area (Å²) in [6, 6.07) is -1.78. The van der Waals surface area contributed by atoms with Crippen molar-refractivity contribution in [2.75, 3.05) is 19.6 Å². The number of carbonyl (C=O) groups excluding carboxylic acids is 2. The molecule has 9 heteroatoms. The highest BCUT2D eigenvalue weighted by molar-refractivity contribution is 5.76. The largest absolute Gasteiger partial charge is 0.465 e. The van der Waals surface area contributed by atoms with Crippen molar-refractivity contribution in [2.24, 2.45) is 17.8 Å². The fourth-order valence-corrected chi connectivity index (χ4v) is 4.21. The SMILES string of the molecule is [2H]C1([2H])N[C@]([2H])(C(=O)OCCCCCNC(C)=O)C[C@H]2C[C@@H](CCc3nn[nH]n3)CC[C@H]21. The first-order valence-electron chi connectivity index (χ1n) is 12.1. The topological polar surface area (TPSA) is 122 Å². The molecule has 1 saturated heterocycles. The lowest BCUT2D eigenvalue weighted by atomic mass is 9.69. The Labute approximate surface area is 176 Å². The van der Waals surface area contributed by atoms with E-state index >= 15 is 0 Å². The van der Waals surface area contributed by atoms with Crippen molar-refractivity contribution in [1.82, 2.24) is 31.3 Å². The molecule has 0 unspecified atom stereocenters. The summed E-state index contributed by atoms with van der Waals surface area (Å²) in [5, 5.41) is 19.4. The summed E-state index contributed by atoms with van der Waals surface area (Å²) in [5.41, 5.74) is 0. The number of hydrogen-bond acceptors (Lipinski definition) is 7. The molecule has 0 spiro atoms. The van der Waals surface area contributed by atoms with Crippen LogP contribution in [0, 0.1) is 17.8 Å². The summed E-state index contributed by atoms with van der Waals surface area (Å²) in [6.45, 7) is 0.453. The summed E-state index contributed by atoms with van der Waals surface area (Å²) in [4.78, 5) is 23.5. The Bertz CT molecular complexity index is 766. The monoisotopic (exact) mass is 409 g/mol. The third-order valence-corrected chi connectivity index (χ3v) is 5.81. The predicted molar refractivity (Wildman–Crippen MR) is 107 cm³/mol. The number of carbonyl (C=O) groups is 2. The fraction of sp³-hybridized carbons (Fsp3) is 0.850. The van der Waals surface area contributed by atoms with E-state index in [0.717, 1.165) is 38.5 Å². The van der Waals surface area contributed by atoms with Crippen LogP contribution in [0.2, 0.25) is 0 Å². The summed E-state index contributed by atoms with van der Waals surface area (Å²) in [5.74, 6) is -0.00312. The van der Waals surface area contributed by atoms with Gasteiger partial charge in [-0.3, -0.25) is 9.59 Å². The molecule has 29 heavy (non-hydrogen) atoms. The Balaban J connectivity index is 1.48. The minimum atomic E-state index is -1.79. The van der Waals surface area contributed by atoms with Crippen molar-refractivity contribution in [3.63, 3.8) is 0 Å². The van der Waals surface area contributed by atoms with Crippen molar-refractivity contribution >= 4 is 11.9 Å². The quantitative estimate of drug-likeness (QED) is 0.394. The molecule has 1 aliphatic heterocycles. The zero-order valence-corrected chi connectivity index (χ0v) is 17.1. The van der Waals surface area contributed by atoms with E-state index in [1.54, 1.807) is 0 Å². The molecule has 0 radical (unpaired) electrons. The standard InChI is InChI=1S/C20H34N6O3/c1-14(27)21-9-3-2-4-10-29-20(28)18-12-17-11-15(5-7-16(17)13-22-18)6-8-19-23-25-26-24-19/h15-18,22H,2-13H2,1H3,(H,21,27)(H,23,24,25,26)/t15-,16+,17-,18+/m1/s1/i13D2,18D. The van der Waals surface area contributed by atoms with Gasteiger partial charge >= 0.3 is 5.97 Å². The lowest BCUT2D eigenvalue weighted by Crippen LogP contribution is -2.50. The lowest BCUT2D eigenvalue weighted by Gasteiger charge is -2.42. The highest BCUT2D eigenvalue weighted by Crippen LogP contribution is 2.40. The maximum absolute atomic E-state index is 12.7. The molecule has 2 heterocycles. The first-order valence-corrected chi connectivity index (χ1v) is 10.6. The second-order valence-electron chi connectivity index (χ2n) is 8.04. The minimum Gasteiger partial charge on any atom is -0.465 e. The molecule has 3 rings (SSSR count). The van der Waals surface area contributed by atoms with Gasteiger partial charge < -0.3 is 15.4 Å². The molecular weight excluding hydrogens is 372 g/mol. The molecule has 9 nitrogen and oxygen atoms in total. The van der Waals surface area contributed by atoms with Gasteiger partial charge in [0.25, 0.3) is 0 Å². The first kappa shape index (κ1) is 17.8. The molecule has 1 saturated carbocycles. The number of amides is 1. The van der Waals surface area contributed by atoms with Gasteiger partial charge in [-0.25, -0.2) is 0 Å². The number of esters is 1. The van der Waals surface area contributed by atoms with E-state index < -0.39 is 18.5 Å². The zero-order chi connectivity index (χ0) is 23.2. The summed E-state index contributed by atoms with van der Waals surface area (Å²) < 4.78 is 30.9. The average Bonchev–Trinajstić information content (AvgIpc) is 3.24. The first-order chi connectivity index (χ1) is 15.2. The Morgan fingerprint density at radius 1 is 1.28 bits per heavy atom. The van der Waals surface area contributed by atoms with Gasteiger partial charge in [-0.15, -0.1) is 10.2 Å². The van der Waals surface area contributed by atoms with Gasteiger partial charge in [0, 0.05) is 22.6 Å². The number of fused-ring (bicyclic) bond motifs is 1. The molecular formula is C20H34N6O3. The molecule has 1 aromatic heterocycles. The number of ether oxygens (including phenoxy) is 1. The van der Waals surface area contributed by atoms with Crippen LogP contribution in [0.15, 0.2) is 0 Å². The van der Waals surface area contributed by atoms with Gasteiger partial charge in [0.05, 0.1) is 7.98 Å². The van der Waals surface area contributed by atoms with E-state index in [2.05, 4.69) is 31.3 Å². The van der Waals surface area contributed by atoms with E-state index in [1.165, 1.54) is 6.92 Å². The lowest BCUT2D eigenvalue weighted by molar-refractivity contribution is -0.148. The molecule has 2 aliphatic rings. The third-order valence-electron chi connectivity index (χ3n) is 5.81. The highest BCUT2D eigenvalue weighted by atomic mass is 16.5. The van der Waals surface area contributed by atoms with E-state index in [4.69, 9.17) is 8.85 Å². The molecule has 4 atom stereocenters. The van der Waals surface area contributed by atoms with Crippen LogP contribution in [0.3, 0.4) is 0 Å². The van der Waals surface area contributed by atoms with Crippen LogP contribution in [-0.2, 0) is 20.7 Å². The smallest absolute Gasteiger partial charge is 0.323 e. The molecule has 3 N–H and O–H groups in total. The minimum absolute atomic E-state index is 0.0574. The maximum atomic E-state index is 12.7. The van der Waals surface area contributed by atoms with Crippen LogP contribution in [0.25, 0.3) is 0 Å². The van der Waals surface area contributed by atoms with Gasteiger partial charge in [-0.1, -0.05) is 11.6 Å². The van der Waals surface area contributed by atoms with Crippen LogP contribution in [0.1, 0.15) is 68.2 Å². The number of aromatic amines is 1. The Hall–Kier alpha value is -2.03. The van der Waals surface area contributed by atoms with Crippen LogP contribution < -0.4 is 10.6 Å². The van der Waals surface area contributed by atoms with Gasteiger partial charge in [-0.05, 0) is 69.2 Å². The van der Waals surface area contributed by atoms with Crippen molar-refractivity contribution in [2.45, 2.75) is 70.7 Å². The van der Waals surface area contributed by atoms with Crippen molar-refractivity contribution in [3.8, 4) is 0 Å². The van der Waals surface area contributed by atoms with Crippen molar-refractivity contribution in [3.05, 3.63) is 5.82 Å². The Kier molecular flexibility index (Phi) is 6.89. The molecule has 0 aromatic carbocycles. The van der Waals surface area contributed by atoms with Crippen LogP contribution >= 0.6 is 0 Å². The van der Waals surface area contributed by atoms with Gasteiger partial charge in [0.2, 0.25) is 5.91 Å². The van der Waals surface area contributed by atoms with Crippen molar-refractivity contribution < 1.29 is 18.4 Å². The number of H-pyrrole nitrogens is 1. The Morgan fingerprint density at radius 2 is 2.17 bits per heavy atom. The number of aryl methyl sites for hydroxylation is 1. The normalized spacial score (nSPS) is 32.3. The summed E-state index contributed by atoms with van der Waals surface area (Å²) >= 11 is 0. The second-order valence-corrected chi connectivity index (χ2v) is 8.04. The second kappa shape index (κ2) is 11.2. The average molecular weight is 410 g/mol. The number of aromatic nitrogens is 4. The van der Waals surface area contributed by atoms with Crippen molar-refractivity contribution in [1.29, 1.82) is 0 Å². The maximum Gasteiger partial charge on any atom is 0.323 e. The Morgan fingerprint density at radius 3 is 2.97 bits per heavy atom. The molecule has 0 bridgehead atoms. The molecule has 1 aliphatic carbocycles. The van der Waals surface area contributed by atoms with E-state index in [1.807, 2.05) is 0 Å². The third kappa shape index (κ3) is 7.06. The molecule has 1 amide bonds. The van der Waals surface area contributed by atoms with E-state index in [0.29, 0.717) is 31.1 Å². The van der Waals surface area contributed by atoms with E-state index in [-0.39, 0.29) is 30.8 Å². The predicted octanol–water partition coefficient (Wildman–Crippen LogP) is 1.38. The van der Waals surface area contributed by atoms with Crippen LogP contribution in [0.4, 0.5) is 0 Å². The zero-order valence-electron chi connectivity index (χ0n) is 20.1. The molecule has 1 aromatic rings. The number of rotatable bonds is 10. The number of unbranched alkanes of at least 4 members (excludes halogenated alkanes) is 2. The number of tetrazole rings is 1. The molecule has 162 valence electrons. The van der Waals surface area contributed by atoms with Gasteiger partial charge in [0.1, 0.15) is 6.02 Å².